The molecule has 4 rings (SSSR count). The topological polar surface area (TPSA) is 108 Å². The number of rotatable bonds is 6. The first kappa shape index (κ1) is 19.7. The molecule has 2 heterocycles. The van der Waals surface area contributed by atoms with Gasteiger partial charge >= 0.3 is 0 Å². The third-order valence-electron chi connectivity index (χ3n) is 4.88. The van der Waals surface area contributed by atoms with Gasteiger partial charge in [0.1, 0.15) is 11.3 Å². The van der Waals surface area contributed by atoms with Gasteiger partial charge in [0, 0.05) is 12.1 Å². The number of anilines is 3. The predicted octanol–water partition coefficient (Wildman–Crippen LogP) is 4.25. The van der Waals surface area contributed by atoms with Crippen LogP contribution in [0.25, 0.3) is 11.2 Å². The average molecular weight is 417 g/mol. The first-order chi connectivity index (χ1) is 14.0. The van der Waals surface area contributed by atoms with E-state index < -0.39 is 0 Å². The molecule has 1 saturated carbocycles. The molecule has 0 amide bonds. The molecule has 0 saturated heterocycles. The van der Waals surface area contributed by atoms with Crippen LogP contribution in [0.5, 0.6) is 5.75 Å². The molecule has 3 aromatic rings. The second-order valence-corrected chi connectivity index (χ2v) is 7.99. The molecule has 1 fully saturated rings. The first-order valence-electron chi connectivity index (χ1n) is 9.87. The van der Waals surface area contributed by atoms with Crippen molar-refractivity contribution in [2.75, 3.05) is 10.6 Å². The lowest BCUT2D eigenvalue weighted by atomic mass is 9.93. The van der Waals surface area contributed by atoms with Gasteiger partial charge in [-0.1, -0.05) is 11.6 Å². The van der Waals surface area contributed by atoms with Crippen molar-refractivity contribution in [3.63, 3.8) is 0 Å². The van der Waals surface area contributed by atoms with Crippen molar-refractivity contribution in [2.24, 2.45) is 0 Å². The lowest BCUT2D eigenvalue weighted by Crippen LogP contribution is -2.28. The van der Waals surface area contributed by atoms with E-state index in [1.165, 1.54) is 0 Å². The molecule has 154 valence electrons. The maximum absolute atomic E-state index is 9.73. The van der Waals surface area contributed by atoms with Gasteiger partial charge < -0.3 is 25.5 Å². The van der Waals surface area contributed by atoms with E-state index >= 15 is 0 Å². The maximum atomic E-state index is 9.73. The highest BCUT2D eigenvalue weighted by atomic mass is 35.5. The summed E-state index contributed by atoms with van der Waals surface area (Å²) < 4.78 is 5.67. The SMILES string of the molecule is CC(C)Oc1ccc(Nc2nc(NC3CCC(O)CC3)c3nc[nH]c3n2)c(Cl)c1. The molecular weight excluding hydrogens is 392 g/mol. The molecule has 1 aliphatic rings. The van der Waals surface area contributed by atoms with Crippen molar-refractivity contribution >= 4 is 40.2 Å². The third-order valence-corrected chi connectivity index (χ3v) is 5.19. The van der Waals surface area contributed by atoms with Crippen LogP contribution in [-0.4, -0.2) is 43.3 Å². The van der Waals surface area contributed by atoms with E-state index in [2.05, 4.69) is 30.6 Å². The number of imidazole rings is 1. The Kier molecular flexibility index (Phi) is 5.73. The van der Waals surface area contributed by atoms with Gasteiger partial charge in [-0.2, -0.15) is 9.97 Å². The predicted molar refractivity (Wildman–Crippen MR) is 114 cm³/mol. The van der Waals surface area contributed by atoms with Gasteiger partial charge in [0.2, 0.25) is 5.95 Å². The van der Waals surface area contributed by atoms with Crippen LogP contribution in [-0.2, 0) is 0 Å². The normalized spacial score (nSPS) is 19.5. The van der Waals surface area contributed by atoms with Crippen LogP contribution in [0.2, 0.25) is 5.02 Å². The van der Waals surface area contributed by atoms with Gasteiger partial charge in [-0.05, 0) is 51.7 Å². The van der Waals surface area contributed by atoms with Crippen LogP contribution >= 0.6 is 11.6 Å². The molecule has 0 bridgehead atoms. The number of fused-ring (bicyclic) bond motifs is 1. The number of nitrogens with one attached hydrogen (secondary N) is 3. The smallest absolute Gasteiger partial charge is 0.231 e. The van der Waals surface area contributed by atoms with Crippen molar-refractivity contribution in [1.82, 2.24) is 19.9 Å². The highest BCUT2D eigenvalue weighted by molar-refractivity contribution is 6.33. The Morgan fingerprint density at radius 1 is 1.21 bits per heavy atom. The van der Waals surface area contributed by atoms with Crippen molar-refractivity contribution in [3.8, 4) is 5.75 Å². The van der Waals surface area contributed by atoms with Crippen LogP contribution in [0, 0.1) is 0 Å². The van der Waals surface area contributed by atoms with Crippen molar-refractivity contribution in [3.05, 3.63) is 29.5 Å². The van der Waals surface area contributed by atoms with Crippen LogP contribution in [0.1, 0.15) is 39.5 Å². The van der Waals surface area contributed by atoms with E-state index in [-0.39, 0.29) is 18.2 Å². The summed E-state index contributed by atoms with van der Waals surface area (Å²) in [6, 6.07) is 5.72. The second-order valence-electron chi connectivity index (χ2n) is 7.58. The molecule has 2 aromatic heterocycles. The van der Waals surface area contributed by atoms with Crippen molar-refractivity contribution in [1.29, 1.82) is 0 Å². The molecule has 4 N–H and O–H groups in total. The number of hydrogen-bond donors (Lipinski definition) is 4. The van der Waals surface area contributed by atoms with Crippen LogP contribution < -0.4 is 15.4 Å². The van der Waals surface area contributed by atoms with Crippen LogP contribution in [0.15, 0.2) is 24.5 Å². The number of aliphatic hydroxyl groups excluding tert-OH is 1. The van der Waals surface area contributed by atoms with Crippen molar-refractivity contribution < 1.29 is 9.84 Å². The quantitative estimate of drug-likeness (QED) is 0.475. The molecule has 0 spiro atoms. The van der Waals surface area contributed by atoms with E-state index in [1.54, 1.807) is 12.4 Å². The molecule has 1 aliphatic carbocycles. The summed E-state index contributed by atoms with van der Waals surface area (Å²) in [6.45, 7) is 3.93. The Hall–Kier alpha value is -2.58. The zero-order valence-corrected chi connectivity index (χ0v) is 17.2. The molecule has 29 heavy (non-hydrogen) atoms. The number of ether oxygens (including phenoxy) is 1. The summed E-state index contributed by atoms with van der Waals surface area (Å²) >= 11 is 6.41. The third kappa shape index (κ3) is 4.71. The standard InChI is InChI=1S/C20H25ClN6O2/c1-11(2)29-14-7-8-16(15(21)9-14)25-20-26-18-17(22-10-23-18)19(27-20)24-12-3-5-13(28)6-4-12/h7-13,28H,3-6H2,1-2H3,(H3,22,23,24,25,26,27). The highest BCUT2D eigenvalue weighted by Crippen LogP contribution is 2.30. The Morgan fingerprint density at radius 2 is 2.00 bits per heavy atom. The first-order valence-corrected chi connectivity index (χ1v) is 10.2. The summed E-state index contributed by atoms with van der Waals surface area (Å²) in [7, 11) is 0. The monoisotopic (exact) mass is 416 g/mol. The minimum Gasteiger partial charge on any atom is -0.491 e. The molecule has 8 nitrogen and oxygen atoms in total. The van der Waals surface area contributed by atoms with Crippen LogP contribution in [0.3, 0.4) is 0 Å². The summed E-state index contributed by atoms with van der Waals surface area (Å²) in [5.74, 6) is 1.79. The average Bonchev–Trinajstić information content (AvgIpc) is 3.14. The number of H-pyrrole nitrogens is 1. The number of halogens is 1. The van der Waals surface area contributed by atoms with Crippen molar-refractivity contribution in [2.45, 2.75) is 57.8 Å². The Balaban J connectivity index is 1.56. The molecule has 0 radical (unpaired) electrons. The lowest BCUT2D eigenvalue weighted by Gasteiger charge is -2.26. The fourth-order valence-corrected chi connectivity index (χ4v) is 3.69. The van der Waals surface area contributed by atoms with Gasteiger partial charge in [-0.25, -0.2) is 4.98 Å². The highest BCUT2D eigenvalue weighted by Gasteiger charge is 2.21. The largest absolute Gasteiger partial charge is 0.491 e. The fourth-order valence-electron chi connectivity index (χ4n) is 3.47. The minimum atomic E-state index is -0.203. The van der Waals surface area contributed by atoms with Gasteiger partial charge in [0.25, 0.3) is 0 Å². The Bertz CT molecular complexity index is 984. The summed E-state index contributed by atoms with van der Waals surface area (Å²) in [6.07, 6.45) is 4.84. The van der Waals surface area contributed by atoms with E-state index in [0.717, 1.165) is 25.7 Å². The van der Waals surface area contributed by atoms with E-state index in [1.807, 2.05) is 26.0 Å². The van der Waals surface area contributed by atoms with Gasteiger partial charge in [0.15, 0.2) is 11.5 Å². The molecule has 9 heteroatoms. The molecule has 1 aromatic carbocycles. The number of hydrogen-bond acceptors (Lipinski definition) is 7. The Labute approximate surface area is 174 Å². The van der Waals surface area contributed by atoms with Gasteiger partial charge in [-0.15, -0.1) is 0 Å². The Morgan fingerprint density at radius 3 is 2.72 bits per heavy atom. The number of nitrogens with zero attached hydrogens (tertiary/aromatic N) is 3. The summed E-state index contributed by atoms with van der Waals surface area (Å²) in [4.78, 5) is 16.5. The van der Waals surface area contributed by atoms with E-state index in [9.17, 15) is 5.11 Å². The number of benzene rings is 1. The second kappa shape index (κ2) is 8.42. The zero-order chi connectivity index (χ0) is 20.4. The minimum absolute atomic E-state index is 0.0746. The van der Waals surface area contributed by atoms with E-state index in [4.69, 9.17) is 16.3 Å². The molecule has 0 aliphatic heterocycles. The number of aromatic amines is 1. The molecular formula is C20H25ClN6O2. The lowest BCUT2D eigenvalue weighted by molar-refractivity contribution is 0.126. The van der Waals surface area contributed by atoms with Crippen LogP contribution in [0.4, 0.5) is 17.5 Å². The van der Waals surface area contributed by atoms with Gasteiger partial charge in [-0.3, -0.25) is 0 Å². The molecule has 0 atom stereocenters. The summed E-state index contributed by atoms with van der Waals surface area (Å²) in [5, 5.41) is 16.9. The number of aliphatic hydroxyl groups is 1. The fraction of sp³-hybridized carbons (Fsp3) is 0.450. The molecule has 0 unspecified atom stereocenters. The summed E-state index contributed by atoms with van der Waals surface area (Å²) in [5.41, 5.74) is 2.01. The zero-order valence-electron chi connectivity index (χ0n) is 16.4. The number of aromatic nitrogens is 4. The van der Waals surface area contributed by atoms with E-state index in [0.29, 0.717) is 39.4 Å². The van der Waals surface area contributed by atoms with Gasteiger partial charge in [0.05, 0.1) is 29.2 Å². The maximum Gasteiger partial charge on any atom is 0.231 e.